The Balaban J connectivity index is 2.57. The third-order valence-corrected chi connectivity index (χ3v) is 2.87. The van der Waals surface area contributed by atoms with Gasteiger partial charge in [0.25, 0.3) is 0 Å². The standard InChI is InChI=1S/C6H13NO2S/c1-6(2)4-7(5-6)10(3,8)9/h4-5H2,1-3H3. The molecule has 0 spiro atoms. The van der Waals surface area contributed by atoms with Crippen molar-refractivity contribution < 1.29 is 8.42 Å². The molecule has 1 aliphatic heterocycles. The summed E-state index contributed by atoms with van der Waals surface area (Å²) in [6.07, 6.45) is 1.25. The van der Waals surface area contributed by atoms with Gasteiger partial charge >= 0.3 is 0 Å². The molecule has 0 radical (unpaired) electrons. The number of rotatable bonds is 1. The zero-order chi connectivity index (χ0) is 7.99. The van der Waals surface area contributed by atoms with Gasteiger partial charge in [-0.05, 0) is 5.41 Å². The minimum absolute atomic E-state index is 0.198. The summed E-state index contributed by atoms with van der Waals surface area (Å²) in [7, 11) is -2.90. The fourth-order valence-corrected chi connectivity index (χ4v) is 2.31. The summed E-state index contributed by atoms with van der Waals surface area (Å²) in [5.74, 6) is 0. The molecule has 4 heteroatoms. The van der Waals surface area contributed by atoms with Crippen LogP contribution in [0.3, 0.4) is 0 Å². The predicted octanol–water partition coefficient (Wildman–Crippen LogP) is 0.288. The fraction of sp³-hybridized carbons (Fsp3) is 1.00. The Morgan fingerprint density at radius 1 is 1.30 bits per heavy atom. The van der Waals surface area contributed by atoms with Crippen LogP contribution < -0.4 is 0 Å². The van der Waals surface area contributed by atoms with Crippen LogP contribution in [0.4, 0.5) is 0 Å². The molecule has 1 heterocycles. The summed E-state index contributed by atoms with van der Waals surface area (Å²) in [4.78, 5) is 0. The Bertz CT molecular complexity index is 222. The molecule has 1 fully saturated rings. The van der Waals surface area contributed by atoms with E-state index in [0.717, 1.165) is 0 Å². The topological polar surface area (TPSA) is 37.4 Å². The van der Waals surface area contributed by atoms with Crippen LogP contribution in [0, 0.1) is 5.41 Å². The number of hydrogen-bond donors (Lipinski definition) is 0. The molecule has 0 aromatic heterocycles. The Kier molecular flexibility index (Phi) is 1.56. The summed E-state index contributed by atoms with van der Waals surface area (Å²) in [5.41, 5.74) is 0.198. The first-order valence-corrected chi connectivity index (χ1v) is 5.11. The van der Waals surface area contributed by atoms with Gasteiger partial charge in [-0.25, -0.2) is 12.7 Å². The molecule has 0 aromatic rings. The van der Waals surface area contributed by atoms with Crippen LogP contribution in [0.15, 0.2) is 0 Å². The highest BCUT2D eigenvalue weighted by atomic mass is 32.2. The van der Waals surface area contributed by atoms with Crippen molar-refractivity contribution in [3.8, 4) is 0 Å². The Morgan fingerprint density at radius 3 is 1.80 bits per heavy atom. The molecule has 1 aliphatic rings. The molecule has 0 saturated carbocycles. The van der Waals surface area contributed by atoms with E-state index in [-0.39, 0.29) is 5.41 Å². The molecular weight excluding hydrogens is 150 g/mol. The lowest BCUT2D eigenvalue weighted by molar-refractivity contribution is 0.112. The lowest BCUT2D eigenvalue weighted by Crippen LogP contribution is -2.54. The van der Waals surface area contributed by atoms with E-state index in [4.69, 9.17) is 0 Å². The molecule has 0 unspecified atom stereocenters. The van der Waals surface area contributed by atoms with Crippen molar-refractivity contribution in [2.45, 2.75) is 13.8 Å². The average Bonchev–Trinajstić information content (AvgIpc) is 1.56. The van der Waals surface area contributed by atoms with Crippen LogP contribution >= 0.6 is 0 Å². The molecular formula is C6H13NO2S. The Morgan fingerprint density at radius 2 is 1.70 bits per heavy atom. The van der Waals surface area contributed by atoms with E-state index < -0.39 is 10.0 Å². The second-order valence-corrected chi connectivity index (χ2v) is 5.68. The van der Waals surface area contributed by atoms with Crippen LogP contribution in [0.25, 0.3) is 0 Å². The van der Waals surface area contributed by atoms with Crippen molar-refractivity contribution in [3.63, 3.8) is 0 Å². The largest absolute Gasteiger partial charge is 0.213 e. The van der Waals surface area contributed by atoms with Crippen molar-refractivity contribution in [3.05, 3.63) is 0 Å². The van der Waals surface area contributed by atoms with Gasteiger partial charge in [0.1, 0.15) is 0 Å². The summed E-state index contributed by atoms with van der Waals surface area (Å²) in [5, 5.41) is 0. The van der Waals surface area contributed by atoms with Gasteiger partial charge < -0.3 is 0 Å². The minimum atomic E-state index is -2.90. The number of hydrogen-bond acceptors (Lipinski definition) is 2. The van der Waals surface area contributed by atoms with E-state index in [1.165, 1.54) is 10.6 Å². The van der Waals surface area contributed by atoms with Gasteiger partial charge in [0.2, 0.25) is 10.0 Å². The summed E-state index contributed by atoms with van der Waals surface area (Å²) in [6, 6.07) is 0. The third-order valence-electron chi connectivity index (χ3n) is 1.68. The molecule has 0 bridgehead atoms. The van der Waals surface area contributed by atoms with Gasteiger partial charge in [-0.15, -0.1) is 0 Å². The highest BCUT2D eigenvalue weighted by Gasteiger charge is 2.38. The maximum absolute atomic E-state index is 10.8. The van der Waals surface area contributed by atoms with Crippen LogP contribution in [-0.4, -0.2) is 32.1 Å². The molecule has 10 heavy (non-hydrogen) atoms. The second-order valence-electron chi connectivity index (χ2n) is 3.70. The lowest BCUT2D eigenvalue weighted by Gasteiger charge is -2.43. The molecule has 0 atom stereocenters. The molecule has 0 N–H and O–H groups in total. The van der Waals surface area contributed by atoms with E-state index in [1.54, 1.807) is 0 Å². The maximum atomic E-state index is 10.8. The van der Waals surface area contributed by atoms with E-state index in [9.17, 15) is 8.42 Å². The van der Waals surface area contributed by atoms with Gasteiger partial charge in [-0.1, -0.05) is 13.8 Å². The molecule has 0 amide bonds. The van der Waals surface area contributed by atoms with Gasteiger partial charge in [0.15, 0.2) is 0 Å². The van der Waals surface area contributed by atoms with Gasteiger partial charge in [-0.2, -0.15) is 0 Å². The first-order valence-electron chi connectivity index (χ1n) is 3.26. The van der Waals surface area contributed by atoms with E-state index in [1.807, 2.05) is 0 Å². The molecule has 1 rings (SSSR count). The lowest BCUT2D eigenvalue weighted by atomic mass is 9.87. The van der Waals surface area contributed by atoms with Crippen LogP contribution in [0.5, 0.6) is 0 Å². The van der Waals surface area contributed by atoms with Crippen molar-refractivity contribution in [1.29, 1.82) is 0 Å². The van der Waals surface area contributed by atoms with Crippen molar-refractivity contribution >= 4 is 10.0 Å². The molecule has 60 valence electrons. The van der Waals surface area contributed by atoms with Crippen molar-refractivity contribution in [2.75, 3.05) is 19.3 Å². The molecule has 3 nitrogen and oxygen atoms in total. The first kappa shape index (κ1) is 8.01. The zero-order valence-electron chi connectivity index (χ0n) is 6.59. The third kappa shape index (κ3) is 1.49. The monoisotopic (exact) mass is 163 g/mol. The van der Waals surface area contributed by atoms with Gasteiger partial charge in [0.05, 0.1) is 6.26 Å². The van der Waals surface area contributed by atoms with E-state index in [2.05, 4.69) is 13.8 Å². The molecule has 1 saturated heterocycles. The number of nitrogens with zero attached hydrogens (tertiary/aromatic N) is 1. The smallest absolute Gasteiger partial charge is 0.211 e. The molecule has 0 aliphatic carbocycles. The average molecular weight is 163 g/mol. The quantitative estimate of drug-likeness (QED) is 0.557. The zero-order valence-corrected chi connectivity index (χ0v) is 7.40. The normalized spacial score (nSPS) is 25.9. The van der Waals surface area contributed by atoms with Gasteiger partial charge in [0, 0.05) is 13.1 Å². The SMILES string of the molecule is CC1(C)CN(S(C)(=O)=O)C1. The van der Waals surface area contributed by atoms with E-state index >= 15 is 0 Å². The van der Waals surface area contributed by atoms with Crippen molar-refractivity contribution in [1.82, 2.24) is 4.31 Å². The highest BCUT2D eigenvalue weighted by Crippen LogP contribution is 2.30. The predicted molar refractivity (Wildman–Crippen MR) is 40.2 cm³/mol. The van der Waals surface area contributed by atoms with Crippen molar-refractivity contribution in [2.24, 2.45) is 5.41 Å². The minimum Gasteiger partial charge on any atom is -0.213 e. The van der Waals surface area contributed by atoms with Crippen LogP contribution in [-0.2, 0) is 10.0 Å². The summed E-state index contributed by atoms with van der Waals surface area (Å²) >= 11 is 0. The second kappa shape index (κ2) is 1.95. The Hall–Kier alpha value is -0.0900. The van der Waals surface area contributed by atoms with E-state index in [0.29, 0.717) is 13.1 Å². The van der Waals surface area contributed by atoms with Crippen LogP contribution in [0.1, 0.15) is 13.8 Å². The Labute approximate surface area is 62.1 Å². The maximum Gasteiger partial charge on any atom is 0.211 e. The summed E-state index contributed by atoms with van der Waals surface area (Å²) in [6.45, 7) is 5.47. The first-order chi connectivity index (χ1) is 4.31. The van der Waals surface area contributed by atoms with Crippen LogP contribution in [0.2, 0.25) is 0 Å². The number of sulfonamides is 1. The fourth-order valence-electron chi connectivity index (χ4n) is 1.14. The molecule has 0 aromatic carbocycles. The summed E-state index contributed by atoms with van der Waals surface area (Å²) < 4.78 is 23.1. The van der Waals surface area contributed by atoms with Gasteiger partial charge in [-0.3, -0.25) is 0 Å². The highest BCUT2D eigenvalue weighted by molar-refractivity contribution is 7.88.